The number of carbonyl (C=O) groups excluding carboxylic acids is 1. The smallest absolute Gasteiger partial charge is 0.315 e. The van der Waals surface area contributed by atoms with E-state index in [1.165, 1.54) is 17.3 Å². The van der Waals surface area contributed by atoms with E-state index in [4.69, 9.17) is 23.2 Å². The van der Waals surface area contributed by atoms with Gasteiger partial charge in [0.05, 0.1) is 10.0 Å². The second kappa shape index (κ2) is 10.5. The van der Waals surface area contributed by atoms with Crippen LogP contribution in [0.3, 0.4) is 0 Å². The first-order chi connectivity index (χ1) is 15.6. The average molecular weight is 471 g/mol. The van der Waals surface area contributed by atoms with Gasteiger partial charge in [0, 0.05) is 45.1 Å². The fourth-order valence-electron chi connectivity index (χ4n) is 3.55. The molecular formula is C23H24Cl2N6O. The van der Waals surface area contributed by atoms with E-state index in [0.29, 0.717) is 35.5 Å². The summed E-state index contributed by atoms with van der Waals surface area (Å²) in [6.45, 7) is 3.12. The molecule has 1 aliphatic rings. The van der Waals surface area contributed by atoms with Crippen LogP contribution in [0.2, 0.25) is 10.0 Å². The van der Waals surface area contributed by atoms with Crippen LogP contribution < -0.4 is 20.9 Å². The summed E-state index contributed by atoms with van der Waals surface area (Å²) < 4.78 is 0. The van der Waals surface area contributed by atoms with E-state index >= 15 is 0 Å². The second-order valence-corrected chi connectivity index (χ2v) is 8.33. The Labute approximate surface area is 197 Å². The Morgan fingerprint density at radius 3 is 2.62 bits per heavy atom. The van der Waals surface area contributed by atoms with Crippen molar-refractivity contribution in [3.05, 3.63) is 81.6 Å². The number of aromatic nitrogens is 2. The first-order valence-corrected chi connectivity index (χ1v) is 11.2. The first-order valence-electron chi connectivity index (χ1n) is 10.4. The standard InChI is InChI=1S/C23H24Cl2N6O/c24-19-11-20(25)22(29-14-19)26-8-9-27-23(32)30-13-16-5-6-21(28-12-16)31-10-7-17-3-1-2-4-18(17)15-31/h1-6,11-12,14H,7-10,13,15H2,(H,26,29)(H2,27,30,32). The Balaban J connectivity index is 1.18. The van der Waals surface area contributed by atoms with Crippen molar-refractivity contribution < 1.29 is 4.79 Å². The van der Waals surface area contributed by atoms with Crippen LogP contribution in [0.25, 0.3) is 0 Å². The number of carbonyl (C=O) groups is 1. The monoisotopic (exact) mass is 470 g/mol. The number of amides is 2. The van der Waals surface area contributed by atoms with Crippen LogP contribution in [-0.4, -0.2) is 35.6 Å². The van der Waals surface area contributed by atoms with E-state index in [-0.39, 0.29) is 6.03 Å². The van der Waals surface area contributed by atoms with Gasteiger partial charge >= 0.3 is 6.03 Å². The molecule has 3 aromatic rings. The maximum absolute atomic E-state index is 12.0. The maximum Gasteiger partial charge on any atom is 0.315 e. The Morgan fingerprint density at radius 2 is 1.84 bits per heavy atom. The van der Waals surface area contributed by atoms with Gasteiger partial charge in [-0.05, 0) is 35.2 Å². The predicted molar refractivity (Wildman–Crippen MR) is 128 cm³/mol. The van der Waals surface area contributed by atoms with Crippen LogP contribution in [0.1, 0.15) is 16.7 Å². The zero-order chi connectivity index (χ0) is 22.3. The van der Waals surface area contributed by atoms with Gasteiger partial charge in [0.1, 0.15) is 11.6 Å². The summed E-state index contributed by atoms with van der Waals surface area (Å²) in [5.41, 5.74) is 3.71. The molecule has 0 radical (unpaired) electrons. The van der Waals surface area contributed by atoms with Gasteiger partial charge < -0.3 is 20.9 Å². The average Bonchev–Trinajstić information content (AvgIpc) is 2.81. The second-order valence-electron chi connectivity index (χ2n) is 7.49. The number of fused-ring (bicyclic) bond motifs is 1. The molecule has 0 saturated heterocycles. The minimum atomic E-state index is -0.251. The molecule has 7 nitrogen and oxygen atoms in total. The van der Waals surface area contributed by atoms with Gasteiger partial charge in [0.15, 0.2) is 0 Å². The highest BCUT2D eigenvalue weighted by atomic mass is 35.5. The minimum Gasteiger partial charge on any atom is -0.367 e. The third-order valence-electron chi connectivity index (χ3n) is 5.23. The van der Waals surface area contributed by atoms with Gasteiger partial charge in [-0.1, -0.05) is 53.5 Å². The third kappa shape index (κ3) is 5.81. The lowest BCUT2D eigenvalue weighted by Gasteiger charge is -2.29. The minimum absolute atomic E-state index is 0.251. The Bertz CT molecular complexity index is 1080. The molecule has 4 rings (SSSR count). The summed E-state index contributed by atoms with van der Waals surface area (Å²) in [5.74, 6) is 1.48. The van der Waals surface area contributed by atoms with Gasteiger partial charge in [-0.3, -0.25) is 0 Å². The third-order valence-corrected chi connectivity index (χ3v) is 5.72. The summed E-state index contributed by atoms with van der Waals surface area (Å²) in [6, 6.07) is 13.9. The number of pyridine rings is 2. The number of hydrogen-bond acceptors (Lipinski definition) is 5. The number of nitrogens with one attached hydrogen (secondary N) is 3. The van der Waals surface area contributed by atoms with Crippen molar-refractivity contribution in [2.45, 2.75) is 19.5 Å². The number of hydrogen-bond donors (Lipinski definition) is 3. The van der Waals surface area contributed by atoms with Gasteiger partial charge in [-0.25, -0.2) is 14.8 Å². The Hall–Kier alpha value is -3.03. The molecule has 0 atom stereocenters. The quantitative estimate of drug-likeness (QED) is 0.449. The zero-order valence-corrected chi connectivity index (χ0v) is 19.0. The molecule has 0 spiro atoms. The van der Waals surface area contributed by atoms with Crippen LogP contribution in [0.5, 0.6) is 0 Å². The van der Waals surface area contributed by atoms with Gasteiger partial charge in [-0.2, -0.15) is 0 Å². The van der Waals surface area contributed by atoms with Gasteiger partial charge in [0.25, 0.3) is 0 Å². The van der Waals surface area contributed by atoms with Crippen molar-refractivity contribution in [3.8, 4) is 0 Å². The first kappa shape index (κ1) is 22.2. The topological polar surface area (TPSA) is 82.2 Å². The van der Waals surface area contributed by atoms with E-state index in [1.54, 1.807) is 6.07 Å². The number of halogens is 2. The summed E-state index contributed by atoms with van der Waals surface area (Å²) in [5, 5.41) is 9.59. The molecule has 0 unspecified atom stereocenters. The Morgan fingerprint density at radius 1 is 1.00 bits per heavy atom. The van der Waals surface area contributed by atoms with E-state index in [9.17, 15) is 4.79 Å². The summed E-state index contributed by atoms with van der Waals surface area (Å²) in [6.07, 6.45) is 4.35. The summed E-state index contributed by atoms with van der Waals surface area (Å²) in [4.78, 5) is 23.0. The number of nitrogens with zero attached hydrogens (tertiary/aromatic N) is 3. The molecule has 2 amide bonds. The fraction of sp³-hybridized carbons (Fsp3) is 0.261. The molecule has 3 N–H and O–H groups in total. The molecule has 0 aliphatic carbocycles. The number of anilines is 2. The molecule has 9 heteroatoms. The van der Waals surface area contributed by atoms with Crippen LogP contribution in [-0.2, 0) is 19.5 Å². The van der Waals surface area contributed by atoms with E-state index < -0.39 is 0 Å². The van der Waals surface area contributed by atoms with Crippen molar-refractivity contribution >= 4 is 40.9 Å². The predicted octanol–water partition coefficient (Wildman–Crippen LogP) is 4.26. The molecule has 1 aromatic carbocycles. The Kier molecular flexibility index (Phi) is 7.29. The van der Waals surface area contributed by atoms with Crippen molar-refractivity contribution in [1.82, 2.24) is 20.6 Å². The summed E-state index contributed by atoms with van der Waals surface area (Å²) >= 11 is 11.9. The van der Waals surface area contributed by atoms with Crippen LogP contribution in [0, 0.1) is 0 Å². The van der Waals surface area contributed by atoms with E-state index in [1.807, 2.05) is 18.3 Å². The van der Waals surface area contributed by atoms with E-state index in [2.05, 4.69) is 55.1 Å². The van der Waals surface area contributed by atoms with Gasteiger partial charge in [0.2, 0.25) is 0 Å². The summed E-state index contributed by atoms with van der Waals surface area (Å²) in [7, 11) is 0. The molecule has 0 bridgehead atoms. The number of rotatable bonds is 7. The number of urea groups is 1. The molecule has 2 aromatic heterocycles. The lowest BCUT2D eigenvalue weighted by atomic mass is 10.00. The molecule has 0 fully saturated rings. The molecule has 3 heterocycles. The molecule has 1 aliphatic heterocycles. The highest BCUT2D eigenvalue weighted by Crippen LogP contribution is 2.23. The molecule has 32 heavy (non-hydrogen) atoms. The van der Waals surface area contributed by atoms with Crippen LogP contribution in [0.4, 0.5) is 16.4 Å². The lowest BCUT2D eigenvalue weighted by Crippen LogP contribution is -2.37. The number of benzene rings is 1. The zero-order valence-electron chi connectivity index (χ0n) is 17.4. The van der Waals surface area contributed by atoms with Crippen molar-refractivity contribution in [1.29, 1.82) is 0 Å². The fourth-order valence-corrected chi connectivity index (χ4v) is 3.99. The van der Waals surface area contributed by atoms with E-state index in [0.717, 1.165) is 30.9 Å². The van der Waals surface area contributed by atoms with Crippen molar-refractivity contribution in [2.75, 3.05) is 29.9 Å². The molecular weight excluding hydrogens is 447 g/mol. The largest absolute Gasteiger partial charge is 0.367 e. The van der Waals surface area contributed by atoms with Crippen molar-refractivity contribution in [3.63, 3.8) is 0 Å². The highest BCUT2D eigenvalue weighted by Gasteiger charge is 2.16. The molecule has 0 saturated carbocycles. The van der Waals surface area contributed by atoms with Gasteiger partial charge in [-0.15, -0.1) is 0 Å². The van der Waals surface area contributed by atoms with Crippen LogP contribution in [0.15, 0.2) is 54.9 Å². The normalized spacial score (nSPS) is 12.8. The van der Waals surface area contributed by atoms with Crippen molar-refractivity contribution in [2.24, 2.45) is 0 Å². The SMILES string of the molecule is O=C(NCCNc1ncc(Cl)cc1Cl)NCc1ccc(N2CCc3ccccc3C2)nc1. The highest BCUT2D eigenvalue weighted by molar-refractivity contribution is 6.35. The van der Waals surface area contributed by atoms with Crippen LogP contribution >= 0.6 is 23.2 Å². The lowest BCUT2D eigenvalue weighted by molar-refractivity contribution is 0.241. The maximum atomic E-state index is 12.0. The molecule has 166 valence electrons.